The summed E-state index contributed by atoms with van der Waals surface area (Å²) in [6.45, 7) is 1.25. The fraction of sp³-hybridized carbons (Fsp3) is 0.118. The first-order chi connectivity index (χ1) is 9.92. The highest BCUT2D eigenvalue weighted by Gasteiger charge is 1.97. The average Bonchev–Trinajstić information content (AvgIpc) is 2.52. The van der Waals surface area contributed by atoms with E-state index in [0.717, 1.165) is 10.9 Å². The van der Waals surface area contributed by atoms with Crippen LogP contribution in [0.5, 0.6) is 0 Å². The zero-order valence-electron chi connectivity index (χ0n) is 11.1. The Bertz CT molecular complexity index is 683. The second-order valence-corrected chi connectivity index (χ2v) is 4.65. The van der Waals surface area contributed by atoms with E-state index in [1.807, 2.05) is 48.8 Å². The maximum atomic E-state index is 5.47. The topological polar surface area (TPSA) is 34.1 Å². The Balaban J connectivity index is 1.55. The Hall–Kier alpha value is -2.23. The van der Waals surface area contributed by atoms with Gasteiger partial charge in [0.15, 0.2) is 0 Å². The number of rotatable bonds is 5. The van der Waals surface area contributed by atoms with Gasteiger partial charge in [0.2, 0.25) is 0 Å². The Morgan fingerprint density at radius 1 is 0.900 bits per heavy atom. The van der Waals surface area contributed by atoms with Crippen molar-refractivity contribution in [3.05, 3.63) is 78.1 Å². The van der Waals surface area contributed by atoms with E-state index < -0.39 is 0 Å². The van der Waals surface area contributed by atoms with E-state index in [9.17, 15) is 0 Å². The van der Waals surface area contributed by atoms with Crippen LogP contribution in [0.4, 0.5) is 0 Å². The smallest absolute Gasteiger partial charge is 0.0933 e. The van der Waals surface area contributed by atoms with Gasteiger partial charge in [-0.3, -0.25) is 9.82 Å². The number of hydrogen-bond donors (Lipinski definition) is 1. The molecule has 3 heteroatoms. The van der Waals surface area contributed by atoms with Gasteiger partial charge >= 0.3 is 0 Å². The molecule has 1 N–H and O–H groups in total. The van der Waals surface area contributed by atoms with Crippen LogP contribution in [0, 0.1) is 0 Å². The molecule has 20 heavy (non-hydrogen) atoms. The van der Waals surface area contributed by atoms with Crippen molar-refractivity contribution < 1.29 is 4.84 Å². The van der Waals surface area contributed by atoms with Gasteiger partial charge in [-0.05, 0) is 28.6 Å². The third-order valence-corrected chi connectivity index (χ3v) is 3.16. The molecule has 100 valence electrons. The maximum Gasteiger partial charge on any atom is 0.0933 e. The minimum absolute atomic E-state index is 0.568. The lowest BCUT2D eigenvalue weighted by Crippen LogP contribution is -2.13. The van der Waals surface area contributed by atoms with Crippen molar-refractivity contribution in [2.75, 3.05) is 0 Å². The van der Waals surface area contributed by atoms with Crippen LogP contribution in [0.15, 0.2) is 67.0 Å². The van der Waals surface area contributed by atoms with E-state index >= 15 is 0 Å². The van der Waals surface area contributed by atoms with Crippen LogP contribution in [-0.4, -0.2) is 4.98 Å². The molecule has 0 atom stereocenters. The lowest BCUT2D eigenvalue weighted by atomic mass is 10.1. The molecule has 1 heterocycles. The van der Waals surface area contributed by atoms with Crippen LogP contribution >= 0.6 is 0 Å². The van der Waals surface area contributed by atoms with Crippen LogP contribution < -0.4 is 5.48 Å². The maximum absolute atomic E-state index is 5.47. The van der Waals surface area contributed by atoms with Crippen molar-refractivity contribution in [3.8, 4) is 0 Å². The van der Waals surface area contributed by atoms with E-state index in [-0.39, 0.29) is 0 Å². The minimum Gasteiger partial charge on any atom is -0.297 e. The molecule has 0 radical (unpaired) electrons. The highest BCUT2D eigenvalue weighted by Crippen LogP contribution is 2.14. The molecule has 0 aliphatic rings. The number of aromatic nitrogens is 1. The van der Waals surface area contributed by atoms with Gasteiger partial charge < -0.3 is 0 Å². The lowest BCUT2D eigenvalue weighted by Gasteiger charge is -2.07. The summed E-state index contributed by atoms with van der Waals surface area (Å²) in [4.78, 5) is 9.58. The molecule has 0 amide bonds. The van der Waals surface area contributed by atoms with Gasteiger partial charge in [-0.2, -0.15) is 5.48 Å². The van der Waals surface area contributed by atoms with E-state index in [1.165, 1.54) is 10.9 Å². The summed E-state index contributed by atoms with van der Waals surface area (Å²) in [7, 11) is 0. The molecule has 0 saturated carbocycles. The fourth-order valence-corrected chi connectivity index (χ4v) is 2.09. The van der Waals surface area contributed by atoms with E-state index in [4.69, 9.17) is 4.84 Å². The third-order valence-electron chi connectivity index (χ3n) is 3.16. The van der Waals surface area contributed by atoms with Gasteiger partial charge in [0.05, 0.1) is 6.61 Å². The van der Waals surface area contributed by atoms with Crippen molar-refractivity contribution >= 4 is 10.8 Å². The molecule has 3 aromatic rings. The summed E-state index contributed by atoms with van der Waals surface area (Å²) >= 11 is 0. The quantitative estimate of drug-likeness (QED) is 0.566. The number of nitrogens with zero attached hydrogens (tertiary/aromatic N) is 1. The highest BCUT2D eigenvalue weighted by molar-refractivity contribution is 5.81. The molecule has 2 aromatic carbocycles. The number of hydrogen-bond acceptors (Lipinski definition) is 3. The van der Waals surface area contributed by atoms with Gasteiger partial charge in [0.1, 0.15) is 0 Å². The zero-order valence-corrected chi connectivity index (χ0v) is 11.1. The molecular weight excluding hydrogens is 248 g/mol. The molecule has 3 rings (SSSR count). The molecule has 0 aliphatic heterocycles. The number of hydroxylamine groups is 1. The standard InChI is InChI=1S/C17H16N2O/c1-2-4-14(5-3-1)13-20-19-11-15-6-7-17-12-18-9-8-16(17)10-15/h1-10,12,19H,11,13H2. The number of pyridine rings is 1. The van der Waals surface area contributed by atoms with Gasteiger partial charge in [-0.1, -0.05) is 42.5 Å². The molecular formula is C17H16N2O. The normalized spacial score (nSPS) is 10.8. The second-order valence-electron chi connectivity index (χ2n) is 4.65. The van der Waals surface area contributed by atoms with Crippen molar-refractivity contribution in [1.82, 2.24) is 10.5 Å². The van der Waals surface area contributed by atoms with Gasteiger partial charge in [-0.15, -0.1) is 0 Å². The molecule has 0 aliphatic carbocycles. The van der Waals surface area contributed by atoms with Crippen molar-refractivity contribution in [3.63, 3.8) is 0 Å². The van der Waals surface area contributed by atoms with Crippen LogP contribution in [0.3, 0.4) is 0 Å². The third kappa shape index (κ3) is 3.20. The molecule has 0 spiro atoms. The van der Waals surface area contributed by atoms with Crippen molar-refractivity contribution in [2.45, 2.75) is 13.2 Å². The summed E-state index contributed by atoms with van der Waals surface area (Å²) in [5.41, 5.74) is 5.35. The average molecular weight is 264 g/mol. The van der Waals surface area contributed by atoms with Crippen LogP contribution in [0.1, 0.15) is 11.1 Å². The summed E-state index contributed by atoms with van der Waals surface area (Å²) in [6, 6.07) is 18.4. The molecule has 0 saturated heterocycles. The SMILES string of the molecule is c1ccc(CONCc2ccc3cnccc3c2)cc1. The largest absolute Gasteiger partial charge is 0.297 e. The van der Waals surface area contributed by atoms with E-state index in [1.54, 1.807) is 0 Å². The Labute approximate surface area is 118 Å². The van der Waals surface area contributed by atoms with Crippen LogP contribution in [0.25, 0.3) is 10.8 Å². The van der Waals surface area contributed by atoms with E-state index in [0.29, 0.717) is 13.2 Å². The van der Waals surface area contributed by atoms with Crippen molar-refractivity contribution in [1.29, 1.82) is 0 Å². The summed E-state index contributed by atoms with van der Waals surface area (Å²) in [5, 5.41) is 2.35. The highest BCUT2D eigenvalue weighted by atomic mass is 16.6. The fourth-order valence-electron chi connectivity index (χ4n) is 2.09. The molecule has 0 unspecified atom stereocenters. The number of fused-ring (bicyclic) bond motifs is 1. The minimum atomic E-state index is 0.568. The first kappa shape index (κ1) is 12.8. The Kier molecular flexibility index (Phi) is 4.01. The first-order valence-corrected chi connectivity index (χ1v) is 6.63. The Morgan fingerprint density at radius 3 is 2.70 bits per heavy atom. The Morgan fingerprint density at radius 2 is 1.80 bits per heavy atom. The summed E-state index contributed by atoms with van der Waals surface area (Å²) in [5.74, 6) is 0. The predicted molar refractivity (Wildman–Crippen MR) is 79.8 cm³/mol. The summed E-state index contributed by atoms with van der Waals surface area (Å²) < 4.78 is 0. The van der Waals surface area contributed by atoms with E-state index in [2.05, 4.69) is 28.7 Å². The number of benzene rings is 2. The monoisotopic (exact) mass is 264 g/mol. The van der Waals surface area contributed by atoms with Crippen molar-refractivity contribution in [2.24, 2.45) is 0 Å². The zero-order chi connectivity index (χ0) is 13.6. The van der Waals surface area contributed by atoms with Gasteiger partial charge in [0, 0.05) is 24.3 Å². The summed E-state index contributed by atoms with van der Waals surface area (Å²) in [6.07, 6.45) is 3.68. The molecule has 3 nitrogen and oxygen atoms in total. The predicted octanol–water partition coefficient (Wildman–Crippen LogP) is 3.46. The second kappa shape index (κ2) is 6.28. The molecule has 0 bridgehead atoms. The van der Waals surface area contributed by atoms with Crippen LogP contribution in [-0.2, 0) is 18.0 Å². The van der Waals surface area contributed by atoms with Crippen LogP contribution in [0.2, 0.25) is 0 Å². The number of nitrogens with one attached hydrogen (secondary N) is 1. The van der Waals surface area contributed by atoms with Gasteiger partial charge in [-0.25, -0.2) is 0 Å². The molecule has 1 aromatic heterocycles. The molecule has 0 fully saturated rings. The first-order valence-electron chi connectivity index (χ1n) is 6.63. The van der Waals surface area contributed by atoms with Gasteiger partial charge in [0.25, 0.3) is 0 Å². The lowest BCUT2D eigenvalue weighted by molar-refractivity contribution is 0.0235.